The molecule has 3 aromatic rings. The van der Waals surface area contributed by atoms with E-state index in [9.17, 15) is 0 Å². The minimum Gasteiger partial charge on any atom is -0.368 e. The van der Waals surface area contributed by atoms with E-state index in [2.05, 4.69) is 72.0 Å². The average molecular weight is 440 g/mol. The number of hydrogen-bond donors (Lipinski definition) is 0. The van der Waals surface area contributed by atoms with Crippen molar-refractivity contribution in [2.75, 3.05) is 38.1 Å². The Bertz CT molecular complexity index is 949. The van der Waals surface area contributed by atoms with Crippen LogP contribution in [0.1, 0.15) is 30.3 Å². The third kappa shape index (κ3) is 4.67. The van der Waals surface area contributed by atoms with Gasteiger partial charge in [-0.25, -0.2) is 9.97 Å². The highest BCUT2D eigenvalue weighted by Crippen LogP contribution is 2.37. The third-order valence-electron chi connectivity index (χ3n) is 5.28. The Hall–Kier alpha value is -2.05. The van der Waals surface area contributed by atoms with Crippen LogP contribution in [0.25, 0.3) is 10.9 Å². The SMILES string of the molecule is CN1CCN(c2ccnc3cc(Br)ccc23)CC1.Cc1ccnc(C2CC2)n1. The van der Waals surface area contributed by atoms with Gasteiger partial charge in [0.05, 0.1) is 5.52 Å². The Morgan fingerprint density at radius 3 is 2.43 bits per heavy atom. The van der Waals surface area contributed by atoms with Crippen molar-refractivity contribution in [3.63, 3.8) is 0 Å². The average Bonchev–Trinajstić information content (AvgIpc) is 3.54. The van der Waals surface area contributed by atoms with E-state index in [1.165, 1.54) is 23.9 Å². The summed E-state index contributed by atoms with van der Waals surface area (Å²) in [6.45, 7) is 6.44. The monoisotopic (exact) mass is 439 g/mol. The van der Waals surface area contributed by atoms with Crippen molar-refractivity contribution in [3.8, 4) is 0 Å². The molecule has 1 aliphatic heterocycles. The van der Waals surface area contributed by atoms with Crippen molar-refractivity contribution in [2.45, 2.75) is 25.7 Å². The van der Waals surface area contributed by atoms with Crippen LogP contribution in [0.5, 0.6) is 0 Å². The number of anilines is 1. The van der Waals surface area contributed by atoms with Gasteiger partial charge in [-0.2, -0.15) is 0 Å². The van der Waals surface area contributed by atoms with E-state index in [1.807, 2.05) is 25.4 Å². The second kappa shape index (κ2) is 8.53. The van der Waals surface area contributed by atoms with Crippen LogP contribution in [-0.2, 0) is 0 Å². The number of aryl methyl sites for hydroxylation is 1. The zero-order valence-corrected chi connectivity index (χ0v) is 18.1. The van der Waals surface area contributed by atoms with Crippen molar-refractivity contribution >= 4 is 32.5 Å². The van der Waals surface area contributed by atoms with Crippen LogP contribution in [0.4, 0.5) is 5.69 Å². The summed E-state index contributed by atoms with van der Waals surface area (Å²) in [4.78, 5) is 17.8. The van der Waals surface area contributed by atoms with Gasteiger partial charge in [0.2, 0.25) is 0 Å². The summed E-state index contributed by atoms with van der Waals surface area (Å²) in [5.41, 5.74) is 3.44. The molecule has 0 spiro atoms. The lowest BCUT2D eigenvalue weighted by Crippen LogP contribution is -2.44. The molecule has 2 aromatic heterocycles. The largest absolute Gasteiger partial charge is 0.368 e. The van der Waals surface area contributed by atoms with Crippen molar-refractivity contribution in [2.24, 2.45) is 0 Å². The Morgan fingerprint density at radius 1 is 0.964 bits per heavy atom. The number of fused-ring (bicyclic) bond motifs is 1. The first-order valence-corrected chi connectivity index (χ1v) is 10.7. The minimum absolute atomic E-state index is 0.680. The molecule has 2 aliphatic rings. The maximum Gasteiger partial charge on any atom is 0.131 e. The van der Waals surface area contributed by atoms with Gasteiger partial charge in [-0.05, 0) is 57.1 Å². The second-order valence-electron chi connectivity index (χ2n) is 7.61. The summed E-state index contributed by atoms with van der Waals surface area (Å²) in [5.74, 6) is 1.72. The molecule has 1 aliphatic carbocycles. The number of pyridine rings is 1. The number of nitrogens with zero attached hydrogens (tertiary/aromatic N) is 5. The van der Waals surface area contributed by atoms with E-state index in [0.717, 1.165) is 47.7 Å². The number of hydrogen-bond acceptors (Lipinski definition) is 5. The molecule has 3 heterocycles. The summed E-state index contributed by atoms with van der Waals surface area (Å²) in [5, 5.41) is 1.24. The predicted octanol–water partition coefficient (Wildman–Crippen LogP) is 4.41. The lowest BCUT2D eigenvalue weighted by molar-refractivity contribution is 0.313. The summed E-state index contributed by atoms with van der Waals surface area (Å²) >= 11 is 3.50. The smallest absolute Gasteiger partial charge is 0.131 e. The highest BCUT2D eigenvalue weighted by molar-refractivity contribution is 9.10. The van der Waals surface area contributed by atoms with Crippen molar-refractivity contribution in [3.05, 3.63) is 58.7 Å². The zero-order valence-electron chi connectivity index (χ0n) is 16.5. The molecule has 0 atom stereocenters. The first-order valence-electron chi connectivity index (χ1n) is 9.87. The lowest BCUT2D eigenvalue weighted by Gasteiger charge is -2.34. The van der Waals surface area contributed by atoms with Crippen LogP contribution in [0.2, 0.25) is 0 Å². The molecule has 0 radical (unpaired) electrons. The van der Waals surface area contributed by atoms with Crippen molar-refractivity contribution < 1.29 is 0 Å². The highest BCUT2D eigenvalue weighted by atomic mass is 79.9. The summed E-state index contributed by atoms with van der Waals surface area (Å²) < 4.78 is 1.08. The molecule has 1 saturated carbocycles. The van der Waals surface area contributed by atoms with Gasteiger partial charge >= 0.3 is 0 Å². The Kier molecular flexibility index (Phi) is 5.87. The Labute approximate surface area is 174 Å². The van der Waals surface area contributed by atoms with Gasteiger partial charge in [0.1, 0.15) is 5.82 Å². The van der Waals surface area contributed by atoms with Gasteiger partial charge in [-0.1, -0.05) is 15.9 Å². The van der Waals surface area contributed by atoms with Crippen LogP contribution in [0.15, 0.2) is 47.2 Å². The fraction of sp³-hybridized carbons (Fsp3) is 0.409. The van der Waals surface area contributed by atoms with Crippen molar-refractivity contribution in [1.82, 2.24) is 19.9 Å². The van der Waals surface area contributed by atoms with Gasteiger partial charge in [0.25, 0.3) is 0 Å². The lowest BCUT2D eigenvalue weighted by atomic mass is 10.1. The first-order chi connectivity index (χ1) is 13.6. The molecule has 0 N–H and O–H groups in total. The van der Waals surface area contributed by atoms with Gasteiger partial charge in [0.15, 0.2) is 0 Å². The van der Waals surface area contributed by atoms with Crippen LogP contribution in [-0.4, -0.2) is 53.1 Å². The molecule has 5 nitrogen and oxygen atoms in total. The topological polar surface area (TPSA) is 45.2 Å². The maximum absolute atomic E-state index is 4.45. The van der Waals surface area contributed by atoms with Gasteiger partial charge in [0, 0.05) is 65.7 Å². The number of benzene rings is 1. The quantitative estimate of drug-likeness (QED) is 0.591. The number of rotatable bonds is 2. The number of likely N-dealkylation sites (N-methyl/N-ethyl adjacent to an activating group) is 1. The molecule has 0 bridgehead atoms. The summed E-state index contributed by atoms with van der Waals surface area (Å²) in [7, 11) is 2.18. The fourth-order valence-corrected chi connectivity index (χ4v) is 3.78. The van der Waals surface area contributed by atoms with Gasteiger partial charge < -0.3 is 9.80 Å². The molecule has 28 heavy (non-hydrogen) atoms. The predicted molar refractivity (Wildman–Crippen MR) is 118 cm³/mol. The third-order valence-corrected chi connectivity index (χ3v) is 5.77. The van der Waals surface area contributed by atoms with Crippen LogP contribution < -0.4 is 4.90 Å². The van der Waals surface area contributed by atoms with E-state index >= 15 is 0 Å². The molecule has 1 saturated heterocycles. The summed E-state index contributed by atoms with van der Waals surface area (Å²) in [6.07, 6.45) is 6.31. The molecule has 0 unspecified atom stereocenters. The normalized spacial score (nSPS) is 17.3. The maximum atomic E-state index is 4.45. The molecule has 6 heteroatoms. The highest BCUT2D eigenvalue weighted by Gasteiger charge is 2.26. The molecular formula is C22H26BrN5. The Morgan fingerprint density at radius 2 is 1.71 bits per heavy atom. The van der Waals surface area contributed by atoms with E-state index in [0.29, 0.717) is 5.92 Å². The number of piperazine rings is 1. The minimum atomic E-state index is 0.680. The molecule has 1 aromatic carbocycles. The van der Waals surface area contributed by atoms with Crippen LogP contribution in [0.3, 0.4) is 0 Å². The first kappa shape index (κ1) is 19.3. The van der Waals surface area contributed by atoms with E-state index in [4.69, 9.17) is 0 Å². The number of halogens is 1. The van der Waals surface area contributed by atoms with Gasteiger partial charge in [-0.3, -0.25) is 4.98 Å². The molecule has 5 rings (SSSR count). The zero-order chi connectivity index (χ0) is 19.5. The molecular weight excluding hydrogens is 414 g/mol. The standard InChI is InChI=1S/C14H16BrN3.C8H10N2/c1-17-6-8-18(9-7-17)14-4-5-16-13-10-11(15)2-3-12(13)14;1-6-4-5-9-8(10-6)7-2-3-7/h2-5,10H,6-9H2,1H3;4-5,7H,2-3H2,1H3. The second-order valence-corrected chi connectivity index (χ2v) is 8.53. The fourth-order valence-electron chi connectivity index (χ4n) is 3.44. The van der Waals surface area contributed by atoms with Crippen LogP contribution in [0, 0.1) is 6.92 Å². The Balaban J connectivity index is 0.000000162. The molecule has 2 fully saturated rings. The van der Waals surface area contributed by atoms with E-state index in [-0.39, 0.29) is 0 Å². The summed E-state index contributed by atoms with van der Waals surface area (Å²) in [6, 6.07) is 10.4. The number of aromatic nitrogens is 3. The van der Waals surface area contributed by atoms with E-state index < -0.39 is 0 Å². The molecule has 0 amide bonds. The van der Waals surface area contributed by atoms with Crippen LogP contribution >= 0.6 is 15.9 Å². The van der Waals surface area contributed by atoms with Gasteiger partial charge in [-0.15, -0.1) is 0 Å². The van der Waals surface area contributed by atoms with Crippen molar-refractivity contribution in [1.29, 1.82) is 0 Å². The van der Waals surface area contributed by atoms with E-state index in [1.54, 1.807) is 0 Å². The molecule has 146 valence electrons.